The summed E-state index contributed by atoms with van der Waals surface area (Å²) in [6.45, 7) is 6.32. The smallest absolute Gasteiger partial charge is 0.323 e. The second-order valence-electron chi connectivity index (χ2n) is 5.45. The Bertz CT molecular complexity index is 451. The summed E-state index contributed by atoms with van der Waals surface area (Å²) < 4.78 is 5.38. The third-order valence-electron chi connectivity index (χ3n) is 3.64. The van der Waals surface area contributed by atoms with Crippen molar-refractivity contribution in [3.05, 3.63) is 0 Å². The number of aromatic nitrogens is 3. The monoisotopic (exact) mass is 295 g/mol. The topological polar surface area (TPSA) is 92.2 Å². The molecule has 0 spiro atoms. The predicted molar refractivity (Wildman–Crippen MR) is 81.6 cm³/mol. The van der Waals surface area contributed by atoms with Crippen LogP contribution in [-0.4, -0.2) is 46.4 Å². The molecule has 1 saturated carbocycles. The van der Waals surface area contributed by atoms with Crippen LogP contribution in [-0.2, 0) is 0 Å². The molecule has 118 valence electrons. The number of ether oxygens (including phenoxy) is 1. The molecule has 7 heteroatoms. The van der Waals surface area contributed by atoms with Crippen molar-refractivity contribution in [2.24, 2.45) is 5.41 Å². The molecule has 0 amide bonds. The molecule has 1 aromatic rings. The van der Waals surface area contributed by atoms with Crippen LogP contribution in [0.1, 0.15) is 39.5 Å². The van der Waals surface area contributed by atoms with Gasteiger partial charge in [0, 0.05) is 19.7 Å². The fraction of sp³-hybridized carbons (Fsp3) is 0.786. The van der Waals surface area contributed by atoms with E-state index in [2.05, 4.69) is 32.5 Å². The van der Waals surface area contributed by atoms with Crippen LogP contribution in [0.4, 0.5) is 11.9 Å². The van der Waals surface area contributed by atoms with Crippen molar-refractivity contribution in [2.45, 2.75) is 39.5 Å². The Kier molecular flexibility index (Phi) is 5.55. The van der Waals surface area contributed by atoms with Crippen LogP contribution in [0.2, 0.25) is 0 Å². The molecule has 0 atom stereocenters. The van der Waals surface area contributed by atoms with Crippen LogP contribution in [0.15, 0.2) is 0 Å². The minimum absolute atomic E-state index is 0.212. The van der Waals surface area contributed by atoms with Crippen LogP contribution < -0.4 is 15.4 Å². The molecule has 0 aromatic carbocycles. The first-order chi connectivity index (χ1) is 10.2. The number of nitrogens with one attached hydrogen (secondary N) is 2. The van der Waals surface area contributed by atoms with Gasteiger partial charge in [-0.3, -0.25) is 0 Å². The molecule has 7 nitrogen and oxygen atoms in total. The summed E-state index contributed by atoms with van der Waals surface area (Å²) in [7, 11) is 0. The number of hydrogen-bond donors (Lipinski definition) is 3. The van der Waals surface area contributed by atoms with Crippen LogP contribution in [0.3, 0.4) is 0 Å². The molecular formula is C14H25N5O2. The van der Waals surface area contributed by atoms with Gasteiger partial charge in [0.25, 0.3) is 0 Å². The van der Waals surface area contributed by atoms with Gasteiger partial charge in [0.2, 0.25) is 11.9 Å². The average molecular weight is 295 g/mol. The summed E-state index contributed by atoms with van der Waals surface area (Å²) in [5.74, 6) is 1.06. The normalized spacial score (nSPS) is 15.6. The highest BCUT2D eigenvalue weighted by atomic mass is 16.5. The zero-order valence-electron chi connectivity index (χ0n) is 12.9. The van der Waals surface area contributed by atoms with Gasteiger partial charge < -0.3 is 20.5 Å². The number of hydrogen-bond acceptors (Lipinski definition) is 7. The zero-order valence-corrected chi connectivity index (χ0v) is 12.9. The number of anilines is 2. The van der Waals surface area contributed by atoms with E-state index in [4.69, 9.17) is 9.84 Å². The lowest BCUT2D eigenvalue weighted by atomic mass is 10.0. The van der Waals surface area contributed by atoms with Crippen LogP contribution in [0.25, 0.3) is 0 Å². The second-order valence-corrected chi connectivity index (χ2v) is 5.45. The lowest BCUT2D eigenvalue weighted by Crippen LogP contribution is -2.19. The van der Waals surface area contributed by atoms with Crippen molar-refractivity contribution in [1.82, 2.24) is 15.0 Å². The van der Waals surface area contributed by atoms with E-state index in [0.29, 0.717) is 24.5 Å². The van der Waals surface area contributed by atoms with E-state index >= 15 is 0 Å². The van der Waals surface area contributed by atoms with E-state index in [0.717, 1.165) is 38.8 Å². The summed E-state index contributed by atoms with van der Waals surface area (Å²) in [6, 6.07) is 0.334. The van der Waals surface area contributed by atoms with Crippen LogP contribution >= 0.6 is 0 Å². The Labute approximate surface area is 125 Å². The van der Waals surface area contributed by atoms with E-state index in [1.54, 1.807) is 0 Å². The first-order valence-electron chi connectivity index (χ1n) is 7.69. The Balaban J connectivity index is 2.01. The van der Waals surface area contributed by atoms with E-state index in [1.165, 1.54) is 0 Å². The van der Waals surface area contributed by atoms with Gasteiger partial charge in [0.1, 0.15) is 0 Å². The lowest BCUT2D eigenvalue weighted by Gasteiger charge is -2.15. The third kappa shape index (κ3) is 4.70. The van der Waals surface area contributed by atoms with Crippen molar-refractivity contribution in [2.75, 3.05) is 36.9 Å². The summed E-state index contributed by atoms with van der Waals surface area (Å²) in [4.78, 5) is 12.8. The first kappa shape index (κ1) is 15.8. The van der Waals surface area contributed by atoms with Crippen LogP contribution in [0.5, 0.6) is 6.01 Å². The molecule has 1 fully saturated rings. The van der Waals surface area contributed by atoms with Crippen LogP contribution in [0, 0.1) is 5.41 Å². The van der Waals surface area contributed by atoms with Crippen molar-refractivity contribution in [1.29, 1.82) is 0 Å². The quantitative estimate of drug-likeness (QED) is 0.604. The minimum Gasteiger partial charge on any atom is -0.464 e. The SMILES string of the molecule is CCCNc1nc(NCC2(CCO)CC2)nc(OCC)n1. The molecule has 1 aliphatic carbocycles. The number of aliphatic hydroxyl groups excluding tert-OH is 1. The molecule has 1 aliphatic rings. The first-order valence-corrected chi connectivity index (χ1v) is 7.69. The lowest BCUT2D eigenvalue weighted by molar-refractivity contribution is 0.253. The van der Waals surface area contributed by atoms with E-state index < -0.39 is 0 Å². The molecule has 2 rings (SSSR count). The van der Waals surface area contributed by atoms with Gasteiger partial charge in [0.05, 0.1) is 6.61 Å². The highest BCUT2D eigenvalue weighted by molar-refractivity contribution is 5.36. The van der Waals surface area contributed by atoms with Gasteiger partial charge in [-0.25, -0.2) is 0 Å². The average Bonchev–Trinajstić information content (AvgIpc) is 3.24. The Hall–Kier alpha value is -1.63. The number of rotatable bonds is 10. The molecule has 1 heterocycles. The van der Waals surface area contributed by atoms with E-state index in [9.17, 15) is 0 Å². The Morgan fingerprint density at radius 2 is 1.86 bits per heavy atom. The summed E-state index contributed by atoms with van der Waals surface area (Å²) in [6.07, 6.45) is 4.11. The highest BCUT2D eigenvalue weighted by Crippen LogP contribution is 2.48. The van der Waals surface area contributed by atoms with Crippen molar-refractivity contribution >= 4 is 11.9 Å². The third-order valence-corrected chi connectivity index (χ3v) is 3.64. The van der Waals surface area contributed by atoms with Crippen molar-refractivity contribution in [3.63, 3.8) is 0 Å². The largest absolute Gasteiger partial charge is 0.464 e. The van der Waals surface area contributed by atoms with Gasteiger partial charge >= 0.3 is 6.01 Å². The highest BCUT2D eigenvalue weighted by Gasteiger charge is 2.41. The van der Waals surface area contributed by atoms with Gasteiger partial charge in [-0.05, 0) is 38.0 Å². The minimum atomic E-state index is 0.212. The van der Waals surface area contributed by atoms with Crippen molar-refractivity contribution < 1.29 is 9.84 Å². The van der Waals surface area contributed by atoms with Gasteiger partial charge in [-0.2, -0.15) is 15.0 Å². The van der Waals surface area contributed by atoms with E-state index in [-0.39, 0.29) is 12.0 Å². The molecule has 0 aliphatic heterocycles. The standard InChI is InChI=1S/C14H25N5O2/c1-3-8-15-11-17-12(19-13(18-11)21-4-2)16-10-14(5-6-14)7-9-20/h20H,3-10H2,1-2H3,(H2,15,16,17,18,19). The van der Waals surface area contributed by atoms with Gasteiger partial charge in [0.15, 0.2) is 0 Å². The Morgan fingerprint density at radius 1 is 1.14 bits per heavy atom. The maximum Gasteiger partial charge on any atom is 0.323 e. The summed E-state index contributed by atoms with van der Waals surface area (Å²) in [5, 5.41) is 15.5. The van der Waals surface area contributed by atoms with Gasteiger partial charge in [-0.15, -0.1) is 0 Å². The molecular weight excluding hydrogens is 270 g/mol. The Morgan fingerprint density at radius 3 is 2.43 bits per heavy atom. The van der Waals surface area contributed by atoms with Crippen molar-refractivity contribution in [3.8, 4) is 6.01 Å². The molecule has 0 radical (unpaired) electrons. The molecule has 21 heavy (non-hydrogen) atoms. The summed E-state index contributed by atoms with van der Waals surface area (Å²) >= 11 is 0. The maximum absolute atomic E-state index is 9.10. The molecule has 1 aromatic heterocycles. The number of aliphatic hydroxyl groups is 1. The molecule has 3 N–H and O–H groups in total. The zero-order chi connectivity index (χ0) is 15.1. The predicted octanol–water partition coefficient (Wildman–Crippen LogP) is 1.67. The fourth-order valence-electron chi connectivity index (χ4n) is 2.14. The molecule has 0 bridgehead atoms. The van der Waals surface area contributed by atoms with E-state index in [1.807, 2.05) is 6.92 Å². The summed E-state index contributed by atoms with van der Waals surface area (Å²) in [5.41, 5.74) is 0.212. The second kappa shape index (κ2) is 7.40. The molecule has 0 unspecified atom stereocenters. The molecule has 0 saturated heterocycles. The fourth-order valence-corrected chi connectivity index (χ4v) is 2.14. The van der Waals surface area contributed by atoms with Gasteiger partial charge in [-0.1, -0.05) is 6.92 Å². The maximum atomic E-state index is 9.10. The number of nitrogens with zero attached hydrogens (tertiary/aromatic N) is 3.